The third-order valence-electron chi connectivity index (χ3n) is 1.78. The van der Waals surface area contributed by atoms with Gasteiger partial charge in [-0.15, -0.1) is 11.3 Å². The van der Waals surface area contributed by atoms with Crippen LogP contribution < -0.4 is 0 Å². The van der Waals surface area contributed by atoms with Gasteiger partial charge < -0.3 is 0 Å². The van der Waals surface area contributed by atoms with Gasteiger partial charge in [0.25, 0.3) is 0 Å². The van der Waals surface area contributed by atoms with Crippen LogP contribution in [0.4, 0.5) is 0 Å². The van der Waals surface area contributed by atoms with Crippen molar-refractivity contribution in [2.75, 3.05) is 0 Å². The predicted molar refractivity (Wildman–Crippen MR) is 49.0 cm³/mol. The maximum absolute atomic E-state index is 4.31. The molecular formula is C9H9NS. The summed E-state index contributed by atoms with van der Waals surface area (Å²) >= 11 is 1.78. The minimum atomic E-state index is 1.03. The van der Waals surface area contributed by atoms with Crippen LogP contribution in [0.2, 0.25) is 0 Å². The molecule has 0 aromatic carbocycles. The molecule has 0 fully saturated rings. The molecule has 0 atom stereocenters. The maximum atomic E-state index is 4.31. The second kappa shape index (κ2) is 2.62. The molecule has 0 saturated carbocycles. The molecule has 0 spiro atoms. The number of nitrogens with zero attached hydrogens (tertiary/aromatic N) is 1. The van der Waals surface area contributed by atoms with E-state index in [4.69, 9.17) is 0 Å². The van der Waals surface area contributed by atoms with Gasteiger partial charge in [0.05, 0.1) is 10.4 Å². The first kappa shape index (κ1) is 6.80. The fourth-order valence-electron chi connectivity index (χ4n) is 1.20. The number of fused-ring (bicyclic) bond motifs is 1. The van der Waals surface area contributed by atoms with Crippen molar-refractivity contribution in [3.63, 3.8) is 0 Å². The van der Waals surface area contributed by atoms with E-state index in [9.17, 15) is 0 Å². The summed E-state index contributed by atoms with van der Waals surface area (Å²) in [5, 5.41) is 3.44. The monoisotopic (exact) mass is 163 g/mol. The van der Waals surface area contributed by atoms with Crippen LogP contribution in [0.1, 0.15) is 12.6 Å². The van der Waals surface area contributed by atoms with Crippen molar-refractivity contribution in [2.45, 2.75) is 13.3 Å². The highest BCUT2D eigenvalue weighted by Crippen LogP contribution is 2.22. The van der Waals surface area contributed by atoms with Gasteiger partial charge in [0, 0.05) is 6.20 Å². The van der Waals surface area contributed by atoms with E-state index >= 15 is 0 Å². The minimum Gasteiger partial charge on any atom is -0.260 e. The zero-order chi connectivity index (χ0) is 7.68. The highest BCUT2D eigenvalue weighted by Gasteiger charge is 1.99. The molecule has 0 aliphatic rings. The third-order valence-corrected chi connectivity index (χ3v) is 2.76. The highest BCUT2D eigenvalue weighted by molar-refractivity contribution is 7.17. The second-order valence-corrected chi connectivity index (χ2v) is 3.37. The molecule has 2 heteroatoms. The van der Waals surface area contributed by atoms with Crippen LogP contribution in [-0.4, -0.2) is 4.98 Å². The lowest BCUT2D eigenvalue weighted by Crippen LogP contribution is -1.83. The van der Waals surface area contributed by atoms with Crippen molar-refractivity contribution in [3.05, 3.63) is 29.4 Å². The fourth-order valence-corrected chi connectivity index (χ4v) is 2.16. The van der Waals surface area contributed by atoms with Crippen molar-refractivity contribution in [1.29, 1.82) is 0 Å². The Labute approximate surface area is 69.7 Å². The van der Waals surface area contributed by atoms with E-state index in [1.54, 1.807) is 11.3 Å². The van der Waals surface area contributed by atoms with Gasteiger partial charge >= 0.3 is 0 Å². The summed E-state index contributed by atoms with van der Waals surface area (Å²) < 4.78 is 1.34. The Morgan fingerprint density at radius 3 is 3.18 bits per heavy atom. The predicted octanol–water partition coefficient (Wildman–Crippen LogP) is 2.86. The average Bonchev–Trinajstić information content (AvgIpc) is 2.50. The molecule has 0 radical (unpaired) electrons. The molecule has 0 aliphatic heterocycles. The summed E-state index contributed by atoms with van der Waals surface area (Å²) in [6.07, 6.45) is 2.91. The number of rotatable bonds is 1. The van der Waals surface area contributed by atoms with Crippen LogP contribution in [0, 0.1) is 0 Å². The Morgan fingerprint density at radius 1 is 1.45 bits per heavy atom. The van der Waals surface area contributed by atoms with E-state index in [1.165, 1.54) is 15.8 Å². The summed E-state index contributed by atoms with van der Waals surface area (Å²) in [6.45, 7) is 2.14. The van der Waals surface area contributed by atoms with Crippen LogP contribution in [0.25, 0.3) is 10.1 Å². The van der Waals surface area contributed by atoms with Crippen molar-refractivity contribution >= 4 is 21.4 Å². The van der Waals surface area contributed by atoms with Gasteiger partial charge in [0.15, 0.2) is 0 Å². The molecule has 0 amide bonds. The summed E-state index contributed by atoms with van der Waals surface area (Å²) in [6, 6.07) is 4.20. The minimum absolute atomic E-state index is 1.03. The van der Waals surface area contributed by atoms with E-state index < -0.39 is 0 Å². The molecule has 11 heavy (non-hydrogen) atoms. The zero-order valence-corrected chi connectivity index (χ0v) is 7.19. The smallest absolute Gasteiger partial charge is 0.0578 e. The van der Waals surface area contributed by atoms with Crippen molar-refractivity contribution in [2.24, 2.45) is 0 Å². The molecule has 0 saturated heterocycles. The van der Waals surface area contributed by atoms with Gasteiger partial charge in [-0.2, -0.15) is 0 Å². The molecular weight excluding hydrogens is 154 g/mol. The highest BCUT2D eigenvalue weighted by atomic mass is 32.1. The molecule has 2 heterocycles. The molecule has 2 aromatic rings. The lowest BCUT2D eigenvalue weighted by Gasteiger charge is -1.95. The Bertz CT molecular complexity index is 364. The topological polar surface area (TPSA) is 12.9 Å². The van der Waals surface area contributed by atoms with E-state index in [0.29, 0.717) is 0 Å². The van der Waals surface area contributed by atoms with E-state index in [0.717, 1.165) is 6.42 Å². The summed E-state index contributed by atoms with van der Waals surface area (Å²) in [5.41, 5.74) is 1.22. The zero-order valence-electron chi connectivity index (χ0n) is 6.37. The number of aryl methyl sites for hydroxylation is 1. The van der Waals surface area contributed by atoms with E-state index in [1.807, 2.05) is 6.20 Å². The van der Waals surface area contributed by atoms with Gasteiger partial charge in [-0.05, 0) is 29.3 Å². The van der Waals surface area contributed by atoms with E-state index in [2.05, 4.69) is 29.4 Å². The van der Waals surface area contributed by atoms with Crippen LogP contribution in [-0.2, 0) is 6.42 Å². The molecule has 1 nitrogen and oxygen atoms in total. The average molecular weight is 163 g/mol. The number of hydrogen-bond acceptors (Lipinski definition) is 2. The molecule has 0 unspecified atom stereocenters. The summed E-state index contributed by atoms with van der Waals surface area (Å²) in [7, 11) is 0. The second-order valence-electron chi connectivity index (χ2n) is 2.45. The fraction of sp³-hybridized carbons (Fsp3) is 0.222. The summed E-state index contributed by atoms with van der Waals surface area (Å²) in [5.74, 6) is 0. The van der Waals surface area contributed by atoms with Gasteiger partial charge in [0.2, 0.25) is 0 Å². The Morgan fingerprint density at radius 2 is 2.36 bits per heavy atom. The third kappa shape index (κ3) is 1.03. The number of aromatic nitrogens is 1. The van der Waals surface area contributed by atoms with Gasteiger partial charge in [0.1, 0.15) is 0 Å². The lowest BCUT2D eigenvalue weighted by atomic mass is 10.2. The molecule has 0 bridgehead atoms. The van der Waals surface area contributed by atoms with Crippen LogP contribution in [0.5, 0.6) is 0 Å². The largest absolute Gasteiger partial charge is 0.260 e. The van der Waals surface area contributed by atoms with Crippen LogP contribution in [0.3, 0.4) is 0 Å². The first-order chi connectivity index (χ1) is 5.42. The van der Waals surface area contributed by atoms with E-state index in [-0.39, 0.29) is 0 Å². The molecule has 56 valence electrons. The van der Waals surface area contributed by atoms with Crippen molar-refractivity contribution < 1.29 is 0 Å². The van der Waals surface area contributed by atoms with Gasteiger partial charge in [-0.1, -0.05) is 6.92 Å². The van der Waals surface area contributed by atoms with Crippen molar-refractivity contribution in [1.82, 2.24) is 4.98 Å². The maximum Gasteiger partial charge on any atom is 0.0578 e. The number of thiophene rings is 1. The Hall–Kier alpha value is -0.890. The normalized spacial score (nSPS) is 10.6. The Kier molecular flexibility index (Phi) is 1.62. The van der Waals surface area contributed by atoms with Crippen molar-refractivity contribution in [3.8, 4) is 0 Å². The lowest BCUT2D eigenvalue weighted by molar-refractivity contribution is 1.06. The quantitative estimate of drug-likeness (QED) is 0.630. The van der Waals surface area contributed by atoms with Gasteiger partial charge in [-0.3, -0.25) is 4.98 Å². The van der Waals surface area contributed by atoms with Crippen LogP contribution in [0.15, 0.2) is 23.7 Å². The summed E-state index contributed by atoms with van der Waals surface area (Å²) in [4.78, 5) is 4.31. The molecule has 0 N–H and O–H groups in total. The first-order valence-electron chi connectivity index (χ1n) is 3.73. The SMILES string of the molecule is CCc1nccc2ccsc12. The molecule has 2 rings (SSSR count). The number of pyridine rings is 1. The van der Waals surface area contributed by atoms with Crippen LogP contribution >= 0.6 is 11.3 Å². The number of hydrogen-bond donors (Lipinski definition) is 0. The van der Waals surface area contributed by atoms with Gasteiger partial charge in [-0.25, -0.2) is 0 Å². The Balaban J connectivity index is 2.79. The standard InChI is InChI=1S/C9H9NS/c1-2-8-9-7(3-5-10-8)4-6-11-9/h3-6H,2H2,1H3. The molecule has 0 aliphatic carbocycles. The molecule has 2 aromatic heterocycles. The first-order valence-corrected chi connectivity index (χ1v) is 4.61.